The number of hydrogen-bond acceptors (Lipinski definition) is 5. The molecule has 1 amide bonds. The fourth-order valence-electron chi connectivity index (χ4n) is 3.33. The summed E-state index contributed by atoms with van der Waals surface area (Å²) < 4.78 is 5.75. The van der Waals surface area contributed by atoms with Crippen LogP contribution in [0.25, 0.3) is 22.6 Å². The zero-order chi connectivity index (χ0) is 22.9. The summed E-state index contributed by atoms with van der Waals surface area (Å²) in [7, 11) is 0. The third kappa shape index (κ3) is 5.16. The number of primary amides is 1. The highest BCUT2D eigenvalue weighted by molar-refractivity contribution is 6.33. The highest BCUT2D eigenvalue weighted by Crippen LogP contribution is 2.31. The van der Waals surface area contributed by atoms with Crippen molar-refractivity contribution >= 4 is 17.5 Å². The van der Waals surface area contributed by atoms with Gasteiger partial charge in [0.2, 0.25) is 11.8 Å². The number of carbonyl (C=O) groups excluding carboxylic acids is 1. The van der Waals surface area contributed by atoms with Crippen molar-refractivity contribution in [2.24, 2.45) is 17.1 Å². The van der Waals surface area contributed by atoms with Gasteiger partial charge in [0, 0.05) is 34.9 Å². The molecule has 0 saturated heterocycles. The Morgan fingerprint density at radius 2 is 2.03 bits per heavy atom. The first-order valence-electron chi connectivity index (χ1n) is 10.5. The number of nitrogens with two attached hydrogens (primary N) is 1. The zero-order valence-corrected chi connectivity index (χ0v) is 18.8. The molecule has 1 aliphatic rings. The van der Waals surface area contributed by atoms with Gasteiger partial charge in [-0.3, -0.25) is 9.59 Å². The van der Waals surface area contributed by atoms with Crippen LogP contribution in [0.5, 0.6) is 5.88 Å². The molecule has 8 heteroatoms. The summed E-state index contributed by atoms with van der Waals surface area (Å²) in [6.45, 7) is 4.22. The van der Waals surface area contributed by atoms with E-state index in [1.165, 1.54) is 18.9 Å². The Morgan fingerprint density at radius 3 is 2.75 bits per heavy atom. The molecule has 2 heterocycles. The third-order valence-electron chi connectivity index (χ3n) is 5.54. The number of H-pyrrole nitrogens is 1. The molecule has 32 heavy (non-hydrogen) atoms. The van der Waals surface area contributed by atoms with E-state index in [-0.39, 0.29) is 11.5 Å². The summed E-state index contributed by atoms with van der Waals surface area (Å²) in [6.07, 6.45) is 4.45. The summed E-state index contributed by atoms with van der Waals surface area (Å²) in [5.74, 6) is 1.07. The molecule has 0 unspecified atom stereocenters. The second kappa shape index (κ2) is 8.74. The average Bonchev–Trinajstić information content (AvgIpc) is 3.58. The van der Waals surface area contributed by atoms with E-state index in [9.17, 15) is 9.59 Å². The van der Waals surface area contributed by atoms with Gasteiger partial charge in [0.25, 0.3) is 5.56 Å². The lowest BCUT2D eigenvalue weighted by Gasteiger charge is -2.20. The Morgan fingerprint density at radius 1 is 1.25 bits per heavy atom. The molecule has 3 N–H and O–H groups in total. The van der Waals surface area contributed by atoms with Gasteiger partial charge in [-0.2, -0.15) is 0 Å². The van der Waals surface area contributed by atoms with Gasteiger partial charge in [-0.15, -0.1) is 0 Å². The number of nitrogens with zero attached hydrogens (tertiary/aromatic N) is 2. The van der Waals surface area contributed by atoms with Gasteiger partial charge >= 0.3 is 0 Å². The van der Waals surface area contributed by atoms with Crippen molar-refractivity contribution in [3.8, 4) is 28.5 Å². The predicted molar refractivity (Wildman–Crippen MR) is 123 cm³/mol. The number of aromatic amines is 1. The van der Waals surface area contributed by atoms with Gasteiger partial charge in [-0.05, 0) is 48.9 Å². The molecule has 0 atom stereocenters. The Hall–Kier alpha value is -3.19. The summed E-state index contributed by atoms with van der Waals surface area (Å²) in [5.41, 5.74) is 7.13. The molecule has 3 aromatic rings. The fourth-order valence-corrected chi connectivity index (χ4v) is 3.54. The monoisotopic (exact) mass is 452 g/mol. The van der Waals surface area contributed by atoms with E-state index in [2.05, 4.69) is 15.0 Å². The predicted octanol–water partition coefficient (Wildman–Crippen LogP) is 4.00. The molecule has 7 nitrogen and oxygen atoms in total. The molecule has 0 spiro atoms. The number of rotatable bonds is 8. The standard InChI is InChI=1S/C24H25ClN4O3/c1-24(2,23(26)31)12-15-5-6-18(25)17(9-15)22-28-19(11-20(30)29-22)16-7-8-27-21(10-16)32-13-14-3-4-14/h5-11,14H,3-4,12-13H2,1-2H3,(H2,26,31)(H,28,29,30). The van der Waals surface area contributed by atoms with Crippen molar-refractivity contribution in [1.29, 1.82) is 0 Å². The van der Waals surface area contributed by atoms with Gasteiger partial charge in [-0.1, -0.05) is 31.5 Å². The zero-order valence-electron chi connectivity index (χ0n) is 18.0. The maximum atomic E-state index is 12.4. The van der Waals surface area contributed by atoms with Crippen molar-refractivity contribution in [2.45, 2.75) is 33.1 Å². The van der Waals surface area contributed by atoms with E-state index in [4.69, 9.17) is 22.1 Å². The molecule has 1 fully saturated rings. The SMILES string of the molecule is CC(C)(Cc1ccc(Cl)c(-c2nc(-c3ccnc(OCC4CC4)c3)cc(=O)[nH]2)c1)C(N)=O. The first-order chi connectivity index (χ1) is 15.2. The van der Waals surface area contributed by atoms with Crippen molar-refractivity contribution < 1.29 is 9.53 Å². The van der Waals surface area contributed by atoms with Crippen LogP contribution in [-0.2, 0) is 11.2 Å². The number of amides is 1. The van der Waals surface area contributed by atoms with Crippen LogP contribution in [0, 0.1) is 11.3 Å². The van der Waals surface area contributed by atoms with Gasteiger partial charge in [0.15, 0.2) is 0 Å². The normalized spacial score (nSPS) is 13.7. The molecule has 1 aromatic carbocycles. The minimum atomic E-state index is -0.721. The molecular weight excluding hydrogens is 428 g/mol. The maximum absolute atomic E-state index is 12.4. The smallest absolute Gasteiger partial charge is 0.251 e. The number of aromatic nitrogens is 3. The van der Waals surface area contributed by atoms with Crippen LogP contribution in [0.1, 0.15) is 32.3 Å². The van der Waals surface area contributed by atoms with Crippen LogP contribution in [0.2, 0.25) is 5.02 Å². The highest BCUT2D eigenvalue weighted by atomic mass is 35.5. The minimum Gasteiger partial charge on any atom is -0.477 e. The molecule has 166 valence electrons. The second-order valence-corrected chi connectivity index (χ2v) is 9.26. The van der Waals surface area contributed by atoms with Crippen molar-refractivity contribution in [3.05, 3.63) is 63.5 Å². The van der Waals surface area contributed by atoms with Crippen LogP contribution in [0.15, 0.2) is 47.4 Å². The quantitative estimate of drug-likeness (QED) is 0.536. The molecule has 0 aliphatic heterocycles. The number of nitrogens with one attached hydrogen (secondary N) is 1. The largest absolute Gasteiger partial charge is 0.477 e. The number of hydrogen-bond donors (Lipinski definition) is 2. The van der Waals surface area contributed by atoms with Crippen molar-refractivity contribution in [2.75, 3.05) is 6.61 Å². The lowest BCUT2D eigenvalue weighted by molar-refractivity contribution is -0.125. The van der Waals surface area contributed by atoms with E-state index in [0.717, 1.165) is 11.1 Å². The topological polar surface area (TPSA) is 111 Å². The summed E-state index contributed by atoms with van der Waals surface area (Å²) >= 11 is 6.43. The van der Waals surface area contributed by atoms with Gasteiger partial charge in [-0.25, -0.2) is 9.97 Å². The highest BCUT2D eigenvalue weighted by Gasteiger charge is 2.26. The van der Waals surface area contributed by atoms with Crippen LogP contribution in [0.3, 0.4) is 0 Å². The molecule has 4 rings (SSSR count). The number of benzene rings is 1. The Labute approximate surface area is 191 Å². The first kappa shape index (κ1) is 22.0. The Kier molecular flexibility index (Phi) is 6.02. The summed E-state index contributed by atoms with van der Waals surface area (Å²) in [5, 5.41) is 0.439. The first-order valence-corrected chi connectivity index (χ1v) is 10.9. The maximum Gasteiger partial charge on any atom is 0.251 e. The van der Waals surface area contributed by atoms with E-state index >= 15 is 0 Å². The molecule has 1 saturated carbocycles. The van der Waals surface area contributed by atoms with E-state index in [1.54, 1.807) is 38.2 Å². The van der Waals surface area contributed by atoms with Gasteiger partial charge in [0.1, 0.15) is 5.82 Å². The van der Waals surface area contributed by atoms with Crippen LogP contribution in [0.4, 0.5) is 0 Å². The number of halogens is 1. The van der Waals surface area contributed by atoms with E-state index in [0.29, 0.717) is 46.9 Å². The summed E-state index contributed by atoms with van der Waals surface area (Å²) in [4.78, 5) is 35.8. The molecule has 2 aromatic heterocycles. The lowest BCUT2D eigenvalue weighted by Crippen LogP contribution is -2.33. The van der Waals surface area contributed by atoms with E-state index < -0.39 is 5.41 Å². The number of ether oxygens (including phenoxy) is 1. The minimum absolute atomic E-state index is 0.304. The van der Waals surface area contributed by atoms with Crippen LogP contribution < -0.4 is 16.0 Å². The molecular formula is C24H25ClN4O3. The van der Waals surface area contributed by atoms with Gasteiger partial charge in [0.05, 0.1) is 17.3 Å². The average molecular weight is 453 g/mol. The fraction of sp³-hybridized carbons (Fsp3) is 0.333. The lowest BCUT2D eigenvalue weighted by atomic mass is 9.85. The number of pyridine rings is 1. The molecule has 1 aliphatic carbocycles. The Balaban J connectivity index is 1.67. The third-order valence-corrected chi connectivity index (χ3v) is 5.86. The molecule has 0 radical (unpaired) electrons. The van der Waals surface area contributed by atoms with Crippen LogP contribution in [-0.4, -0.2) is 27.5 Å². The molecule has 0 bridgehead atoms. The van der Waals surface area contributed by atoms with Crippen molar-refractivity contribution in [1.82, 2.24) is 15.0 Å². The van der Waals surface area contributed by atoms with E-state index in [1.807, 2.05) is 12.1 Å². The van der Waals surface area contributed by atoms with Crippen LogP contribution >= 0.6 is 11.6 Å². The van der Waals surface area contributed by atoms with Crippen molar-refractivity contribution in [3.63, 3.8) is 0 Å². The number of carbonyl (C=O) groups is 1. The second-order valence-electron chi connectivity index (χ2n) is 8.86. The van der Waals surface area contributed by atoms with Gasteiger partial charge < -0.3 is 15.5 Å². The Bertz CT molecular complexity index is 1220. The summed E-state index contributed by atoms with van der Waals surface area (Å²) in [6, 6.07) is 10.4.